The zero-order valence-corrected chi connectivity index (χ0v) is 21.8. The molecule has 0 unspecified atom stereocenters. The molecule has 1 fully saturated rings. The number of nitrogens with zero attached hydrogens (tertiary/aromatic N) is 5. The summed E-state index contributed by atoms with van der Waals surface area (Å²) in [5.41, 5.74) is 5.38. The molecule has 9 heteroatoms. The Bertz CT molecular complexity index is 1510. The number of rotatable bonds is 5. The number of carbonyl (C=O) groups is 2. The molecule has 0 spiro atoms. The number of ether oxygens (including phenoxy) is 1. The van der Waals surface area contributed by atoms with Crippen LogP contribution in [0.25, 0.3) is 21.9 Å². The van der Waals surface area contributed by atoms with E-state index >= 15 is 0 Å². The number of imidazole rings is 1. The fraction of sp³-hybridized carbons (Fsp3) is 0.448. The van der Waals surface area contributed by atoms with Gasteiger partial charge in [-0.1, -0.05) is 24.3 Å². The van der Waals surface area contributed by atoms with Crippen LogP contribution in [0, 0.1) is 5.92 Å². The van der Waals surface area contributed by atoms with Crippen molar-refractivity contribution in [3.8, 4) is 0 Å². The largest absolute Gasteiger partial charge is 0.481 e. The lowest BCUT2D eigenvalue weighted by atomic mass is 9.81. The molecule has 1 saturated carbocycles. The number of methoxy groups -OCH3 is 1. The summed E-state index contributed by atoms with van der Waals surface area (Å²) in [7, 11) is 1.42. The zero-order valence-electron chi connectivity index (χ0n) is 21.8. The molecule has 2 aliphatic rings. The molecular formula is C29H33N5O4. The maximum Gasteiger partial charge on any atom is 0.409 e. The Morgan fingerprint density at radius 3 is 2.66 bits per heavy atom. The molecule has 198 valence electrons. The second-order valence-corrected chi connectivity index (χ2v) is 10.7. The number of amides is 1. The highest BCUT2D eigenvalue weighted by molar-refractivity contribution is 5.83. The van der Waals surface area contributed by atoms with Crippen molar-refractivity contribution in [1.82, 2.24) is 24.2 Å². The first-order valence-corrected chi connectivity index (χ1v) is 13.4. The van der Waals surface area contributed by atoms with E-state index in [-0.39, 0.29) is 24.0 Å². The fourth-order valence-electron chi connectivity index (χ4n) is 6.35. The van der Waals surface area contributed by atoms with Gasteiger partial charge in [0.1, 0.15) is 5.82 Å². The highest BCUT2D eigenvalue weighted by Gasteiger charge is 2.32. The fourth-order valence-corrected chi connectivity index (χ4v) is 6.35. The van der Waals surface area contributed by atoms with Crippen molar-refractivity contribution in [2.75, 3.05) is 13.7 Å². The van der Waals surface area contributed by atoms with Gasteiger partial charge in [-0.25, -0.2) is 9.78 Å². The molecule has 1 N–H and O–H groups in total. The monoisotopic (exact) mass is 515 g/mol. The second kappa shape index (κ2) is 9.78. The highest BCUT2D eigenvalue weighted by Crippen LogP contribution is 2.40. The number of carbonyl (C=O) groups excluding carboxylic acids is 1. The maximum atomic E-state index is 12.3. The van der Waals surface area contributed by atoms with Gasteiger partial charge in [-0.3, -0.25) is 9.48 Å². The third-order valence-electron chi connectivity index (χ3n) is 8.39. The molecule has 1 aliphatic carbocycles. The molecule has 1 aliphatic heterocycles. The van der Waals surface area contributed by atoms with Gasteiger partial charge in [0.05, 0.1) is 54.9 Å². The number of carboxylic acid groups (broad SMARTS) is 1. The van der Waals surface area contributed by atoms with Gasteiger partial charge in [0.2, 0.25) is 0 Å². The van der Waals surface area contributed by atoms with Crippen molar-refractivity contribution >= 4 is 34.0 Å². The van der Waals surface area contributed by atoms with Gasteiger partial charge in [-0.2, -0.15) is 5.10 Å². The van der Waals surface area contributed by atoms with Crippen LogP contribution in [-0.2, 0) is 29.0 Å². The molecule has 0 radical (unpaired) electrons. The molecule has 1 atom stereocenters. The highest BCUT2D eigenvalue weighted by atomic mass is 16.5. The molecule has 9 nitrogen and oxygen atoms in total. The topological polar surface area (TPSA) is 102 Å². The Morgan fingerprint density at radius 1 is 1.11 bits per heavy atom. The Hall–Kier alpha value is -3.88. The predicted molar refractivity (Wildman–Crippen MR) is 143 cm³/mol. The molecule has 0 bridgehead atoms. The molecule has 6 rings (SSSR count). The molecule has 3 heterocycles. The van der Waals surface area contributed by atoms with E-state index in [1.54, 1.807) is 4.90 Å². The summed E-state index contributed by atoms with van der Waals surface area (Å²) in [6, 6.07) is 12.6. The standard InChI is InChI=1S/C29H33N5O4/c1-18(16-33-24-6-4-3-5-22(24)15-30-33)34-25-12-11-19-13-14-32(29(37)38-2)17-23(19)26(25)31-27(34)20-7-9-21(10-8-20)28(35)36/h3-6,11-12,15,18,20-21H,7-10,13-14,16-17H2,1-2H3,(H,35,36)/t18-,20?,21?/m0/s1. The van der Waals surface area contributed by atoms with E-state index in [4.69, 9.17) is 9.72 Å². The van der Waals surface area contributed by atoms with Crippen LogP contribution in [0.5, 0.6) is 0 Å². The van der Waals surface area contributed by atoms with Gasteiger partial charge >= 0.3 is 12.1 Å². The molecule has 2 aromatic heterocycles. The van der Waals surface area contributed by atoms with Gasteiger partial charge in [0.15, 0.2) is 0 Å². The number of para-hydroxylation sites is 1. The van der Waals surface area contributed by atoms with Crippen molar-refractivity contribution in [3.63, 3.8) is 0 Å². The van der Waals surface area contributed by atoms with Crippen LogP contribution in [0.4, 0.5) is 4.79 Å². The van der Waals surface area contributed by atoms with Gasteiger partial charge in [-0.05, 0) is 56.7 Å². The smallest absolute Gasteiger partial charge is 0.409 e. The van der Waals surface area contributed by atoms with Crippen LogP contribution in [0.15, 0.2) is 42.6 Å². The number of hydrogen-bond acceptors (Lipinski definition) is 5. The number of aromatic nitrogens is 4. The van der Waals surface area contributed by atoms with E-state index in [0.29, 0.717) is 32.5 Å². The van der Waals surface area contributed by atoms with E-state index in [2.05, 4.69) is 40.9 Å². The minimum Gasteiger partial charge on any atom is -0.481 e. The van der Waals surface area contributed by atoms with Gasteiger partial charge in [0.25, 0.3) is 0 Å². The Kier molecular flexibility index (Phi) is 6.29. The van der Waals surface area contributed by atoms with E-state index in [0.717, 1.165) is 52.6 Å². The maximum absolute atomic E-state index is 12.3. The van der Waals surface area contributed by atoms with E-state index in [1.165, 1.54) is 12.7 Å². The average molecular weight is 516 g/mol. The first-order chi connectivity index (χ1) is 18.4. The molecular weight excluding hydrogens is 482 g/mol. The summed E-state index contributed by atoms with van der Waals surface area (Å²) in [5.74, 6) is 0.216. The zero-order chi connectivity index (χ0) is 26.4. The number of hydrogen-bond donors (Lipinski definition) is 1. The van der Waals surface area contributed by atoms with Crippen molar-refractivity contribution in [1.29, 1.82) is 0 Å². The summed E-state index contributed by atoms with van der Waals surface area (Å²) >= 11 is 0. The number of carboxylic acids is 1. The van der Waals surface area contributed by atoms with Crippen LogP contribution in [0.3, 0.4) is 0 Å². The number of benzene rings is 2. The third kappa shape index (κ3) is 4.19. The first kappa shape index (κ1) is 24.5. The second-order valence-electron chi connectivity index (χ2n) is 10.7. The molecule has 1 amide bonds. The molecule has 38 heavy (non-hydrogen) atoms. The Morgan fingerprint density at radius 2 is 1.89 bits per heavy atom. The minimum atomic E-state index is -0.701. The quantitative estimate of drug-likeness (QED) is 0.395. The molecule has 2 aromatic carbocycles. The molecule has 4 aromatic rings. The Labute approximate surface area is 221 Å². The predicted octanol–water partition coefficient (Wildman–Crippen LogP) is 5.13. The van der Waals surface area contributed by atoms with Crippen LogP contribution in [0.2, 0.25) is 0 Å². The van der Waals surface area contributed by atoms with Crippen LogP contribution >= 0.6 is 0 Å². The lowest BCUT2D eigenvalue weighted by Gasteiger charge is -2.28. The van der Waals surface area contributed by atoms with Crippen molar-refractivity contribution in [2.45, 2.75) is 64.1 Å². The summed E-state index contributed by atoms with van der Waals surface area (Å²) in [4.78, 5) is 30.9. The number of fused-ring (bicyclic) bond motifs is 4. The molecule has 0 saturated heterocycles. The SMILES string of the molecule is COC(=O)N1CCc2ccc3c(nc(C4CCC(C(=O)O)CC4)n3[C@@H](C)Cn3ncc4ccccc43)c2C1. The van der Waals surface area contributed by atoms with Crippen LogP contribution in [0.1, 0.15) is 61.5 Å². The van der Waals surface area contributed by atoms with Gasteiger partial charge < -0.3 is 19.3 Å². The van der Waals surface area contributed by atoms with Gasteiger partial charge in [0, 0.05) is 23.4 Å². The van der Waals surface area contributed by atoms with E-state index < -0.39 is 5.97 Å². The lowest BCUT2D eigenvalue weighted by Crippen LogP contribution is -2.35. The third-order valence-corrected chi connectivity index (χ3v) is 8.39. The summed E-state index contributed by atoms with van der Waals surface area (Å²) < 4.78 is 9.40. The summed E-state index contributed by atoms with van der Waals surface area (Å²) in [6.45, 7) is 3.98. The van der Waals surface area contributed by atoms with Gasteiger partial charge in [-0.15, -0.1) is 0 Å². The van der Waals surface area contributed by atoms with Crippen molar-refractivity contribution < 1.29 is 19.4 Å². The van der Waals surface area contributed by atoms with Crippen LogP contribution < -0.4 is 0 Å². The van der Waals surface area contributed by atoms with Crippen LogP contribution in [-0.4, -0.2) is 55.1 Å². The first-order valence-electron chi connectivity index (χ1n) is 13.4. The summed E-state index contributed by atoms with van der Waals surface area (Å²) in [5, 5.41) is 15.3. The lowest BCUT2D eigenvalue weighted by molar-refractivity contribution is -0.142. The normalized spacial score (nSPS) is 20.4. The number of aliphatic carboxylic acids is 1. The van der Waals surface area contributed by atoms with Crippen molar-refractivity contribution in [2.24, 2.45) is 5.92 Å². The van der Waals surface area contributed by atoms with Crippen molar-refractivity contribution in [3.05, 3.63) is 59.5 Å². The average Bonchev–Trinajstić information content (AvgIpc) is 3.54. The minimum absolute atomic E-state index is 0.0638. The van der Waals surface area contributed by atoms with E-state index in [9.17, 15) is 14.7 Å². The van der Waals surface area contributed by atoms with E-state index in [1.807, 2.05) is 23.0 Å². The Balaban J connectivity index is 1.42. The summed E-state index contributed by atoms with van der Waals surface area (Å²) in [6.07, 6.45) is 5.27.